The van der Waals surface area contributed by atoms with Gasteiger partial charge in [-0.2, -0.15) is 18.3 Å². The third kappa shape index (κ3) is 5.76. The number of benzene rings is 1. The number of carbonyl (C=O) groups excluding carboxylic acids is 2. The SMILES string of the molecule is CCn1nccc1C(=O)N[C@H](c1nc2cc(C[C@H]3C[C@@H](C(F)(F)F)NC3=O)ccc2o1)C1CCC(F)(F)CC1. The lowest BCUT2D eigenvalue weighted by atomic mass is 9.82. The number of hydrogen-bond donors (Lipinski definition) is 2. The largest absolute Gasteiger partial charge is 0.438 e. The average molecular weight is 554 g/mol. The standard InChI is InChI=1S/C26H28F5N5O3/c1-2-36-18(7-10-32-36)23(38)35-21(15-5-8-25(27,28)9-6-15)24-33-17-12-14(3-4-19(17)39-24)11-16-13-20(26(29,30)31)34-22(16)37/h3-4,7,10,12,15-16,20-21H,2,5-6,8-9,11,13H2,1H3,(H,34,37)(H,35,38)/t16-,20-,21-/m0/s1. The Kier molecular flexibility index (Phi) is 7.10. The molecule has 2 aromatic heterocycles. The highest BCUT2D eigenvalue weighted by molar-refractivity contribution is 5.92. The Morgan fingerprint density at radius 2 is 2.00 bits per heavy atom. The lowest BCUT2D eigenvalue weighted by Crippen LogP contribution is -2.38. The number of oxazole rings is 1. The van der Waals surface area contributed by atoms with Gasteiger partial charge in [0.05, 0.1) is 0 Å². The first kappa shape index (κ1) is 27.1. The minimum Gasteiger partial charge on any atom is -0.438 e. The van der Waals surface area contributed by atoms with Gasteiger partial charge in [0.15, 0.2) is 5.58 Å². The molecule has 39 heavy (non-hydrogen) atoms. The van der Waals surface area contributed by atoms with E-state index in [1.807, 2.05) is 12.2 Å². The average Bonchev–Trinajstić information content (AvgIpc) is 3.60. The summed E-state index contributed by atoms with van der Waals surface area (Å²) in [6.45, 7) is 2.30. The van der Waals surface area contributed by atoms with Gasteiger partial charge in [0, 0.05) is 31.5 Å². The maximum atomic E-state index is 13.9. The summed E-state index contributed by atoms with van der Waals surface area (Å²) in [5.41, 5.74) is 1.69. The van der Waals surface area contributed by atoms with Gasteiger partial charge >= 0.3 is 6.18 Å². The molecule has 8 nitrogen and oxygen atoms in total. The molecule has 3 aromatic rings. The number of amides is 2. The second-order valence-electron chi connectivity index (χ2n) is 10.3. The van der Waals surface area contributed by atoms with Crippen LogP contribution >= 0.6 is 0 Å². The van der Waals surface area contributed by atoms with E-state index >= 15 is 0 Å². The summed E-state index contributed by atoms with van der Waals surface area (Å²) in [4.78, 5) is 29.8. The summed E-state index contributed by atoms with van der Waals surface area (Å²) in [5, 5.41) is 9.01. The van der Waals surface area contributed by atoms with Gasteiger partial charge in [-0.1, -0.05) is 6.07 Å². The first-order valence-corrected chi connectivity index (χ1v) is 12.9. The van der Waals surface area contributed by atoms with E-state index in [4.69, 9.17) is 4.42 Å². The number of fused-ring (bicyclic) bond motifs is 1. The van der Waals surface area contributed by atoms with Crippen LogP contribution in [0.1, 0.15) is 67.0 Å². The first-order valence-electron chi connectivity index (χ1n) is 12.9. The van der Waals surface area contributed by atoms with Crippen LogP contribution in [0.4, 0.5) is 22.0 Å². The van der Waals surface area contributed by atoms with Crippen molar-refractivity contribution in [1.29, 1.82) is 0 Å². The fourth-order valence-corrected chi connectivity index (χ4v) is 5.44. The molecule has 2 aliphatic rings. The Bertz CT molecular complexity index is 1360. The summed E-state index contributed by atoms with van der Waals surface area (Å²) < 4.78 is 74.4. The predicted octanol–water partition coefficient (Wildman–Crippen LogP) is 4.95. The van der Waals surface area contributed by atoms with Crippen LogP contribution in [0.25, 0.3) is 11.1 Å². The number of aromatic nitrogens is 3. The van der Waals surface area contributed by atoms with Crippen molar-refractivity contribution in [3.8, 4) is 0 Å². The predicted molar refractivity (Wildman–Crippen MR) is 129 cm³/mol. The fourth-order valence-electron chi connectivity index (χ4n) is 5.44. The summed E-state index contributed by atoms with van der Waals surface area (Å²) >= 11 is 0. The molecular formula is C26H28F5N5O3. The van der Waals surface area contributed by atoms with Crippen LogP contribution in [-0.4, -0.2) is 44.7 Å². The highest BCUT2D eigenvalue weighted by Gasteiger charge is 2.47. The van der Waals surface area contributed by atoms with Crippen LogP contribution < -0.4 is 10.6 Å². The molecule has 0 bridgehead atoms. The minimum absolute atomic E-state index is 0.0927. The number of nitrogens with one attached hydrogen (secondary N) is 2. The topological polar surface area (TPSA) is 102 Å². The van der Waals surface area contributed by atoms with Crippen LogP contribution in [0, 0.1) is 11.8 Å². The molecule has 3 atom stereocenters. The molecule has 1 aliphatic heterocycles. The highest BCUT2D eigenvalue weighted by Crippen LogP contribution is 2.42. The number of hydrogen-bond acceptors (Lipinski definition) is 5. The zero-order chi connectivity index (χ0) is 27.9. The molecule has 1 saturated heterocycles. The van der Waals surface area contributed by atoms with Crippen molar-refractivity contribution in [2.75, 3.05) is 0 Å². The molecule has 2 fully saturated rings. The zero-order valence-corrected chi connectivity index (χ0v) is 21.1. The Hall–Kier alpha value is -3.51. The highest BCUT2D eigenvalue weighted by atomic mass is 19.4. The third-order valence-corrected chi connectivity index (χ3v) is 7.59. The quantitative estimate of drug-likeness (QED) is 0.403. The molecule has 2 N–H and O–H groups in total. The summed E-state index contributed by atoms with van der Waals surface area (Å²) in [6, 6.07) is 3.81. The van der Waals surface area contributed by atoms with Crippen molar-refractivity contribution in [3.63, 3.8) is 0 Å². The van der Waals surface area contributed by atoms with Gasteiger partial charge in [-0.3, -0.25) is 14.3 Å². The van der Waals surface area contributed by atoms with Crippen molar-refractivity contribution >= 4 is 22.9 Å². The van der Waals surface area contributed by atoms with Crippen molar-refractivity contribution < 1.29 is 36.0 Å². The molecule has 0 spiro atoms. The van der Waals surface area contributed by atoms with E-state index in [1.165, 1.54) is 10.9 Å². The normalized spacial score (nSPS) is 22.7. The van der Waals surface area contributed by atoms with Crippen LogP contribution in [0.5, 0.6) is 0 Å². The second-order valence-corrected chi connectivity index (χ2v) is 10.3. The Morgan fingerprint density at radius 3 is 2.67 bits per heavy atom. The lowest BCUT2D eigenvalue weighted by Gasteiger charge is -2.32. The minimum atomic E-state index is -4.51. The maximum absolute atomic E-state index is 13.9. The third-order valence-electron chi connectivity index (χ3n) is 7.59. The molecule has 2 amide bonds. The van der Waals surface area contributed by atoms with E-state index in [-0.39, 0.29) is 50.3 Å². The van der Waals surface area contributed by atoms with Crippen molar-refractivity contribution in [3.05, 3.63) is 47.6 Å². The van der Waals surface area contributed by atoms with Gasteiger partial charge < -0.3 is 15.1 Å². The van der Waals surface area contributed by atoms with E-state index < -0.39 is 41.9 Å². The smallest absolute Gasteiger partial charge is 0.408 e. The Morgan fingerprint density at radius 1 is 1.26 bits per heavy atom. The van der Waals surface area contributed by atoms with Gasteiger partial charge in [-0.15, -0.1) is 0 Å². The number of carbonyl (C=O) groups is 2. The molecule has 0 radical (unpaired) electrons. The van der Waals surface area contributed by atoms with Crippen molar-refractivity contribution in [1.82, 2.24) is 25.4 Å². The number of aryl methyl sites for hydroxylation is 1. The molecule has 210 valence electrons. The summed E-state index contributed by atoms with van der Waals surface area (Å²) in [5.74, 6) is -4.88. The van der Waals surface area contributed by atoms with E-state index in [0.29, 0.717) is 28.9 Å². The summed E-state index contributed by atoms with van der Waals surface area (Å²) in [7, 11) is 0. The van der Waals surface area contributed by atoms with Gasteiger partial charge in [0.1, 0.15) is 23.3 Å². The van der Waals surface area contributed by atoms with Crippen LogP contribution in [-0.2, 0) is 17.8 Å². The molecule has 1 saturated carbocycles. The molecular weight excluding hydrogens is 525 g/mol. The van der Waals surface area contributed by atoms with Crippen molar-refractivity contribution in [2.24, 2.45) is 11.8 Å². The lowest BCUT2D eigenvalue weighted by molar-refractivity contribution is -0.154. The monoisotopic (exact) mass is 553 g/mol. The van der Waals surface area contributed by atoms with Crippen molar-refractivity contribution in [2.45, 2.75) is 76.2 Å². The fraction of sp³-hybridized carbons (Fsp3) is 0.538. The van der Waals surface area contributed by atoms with Crippen LogP contribution in [0.15, 0.2) is 34.9 Å². The molecule has 1 aromatic carbocycles. The Balaban J connectivity index is 1.39. The van der Waals surface area contributed by atoms with E-state index in [0.717, 1.165) is 0 Å². The Labute approximate surface area is 220 Å². The van der Waals surface area contributed by atoms with Gasteiger partial charge in [0.25, 0.3) is 5.91 Å². The molecule has 3 heterocycles. The second kappa shape index (κ2) is 10.2. The molecule has 0 unspecified atom stereocenters. The number of rotatable bonds is 7. The molecule has 1 aliphatic carbocycles. The number of alkyl halides is 5. The maximum Gasteiger partial charge on any atom is 0.408 e. The number of nitrogens with zero attached hydrogens (tertiary/aromatic N) is 3. The molecule has 5 rings (SSSR count). The first-order chi connectivity index (χ1) is 18.4. The zero-order valence-electron chi connectivity index (χ0n) is 21.1. The molecule has 13 heteroatoms. The van der Waals surface area contributed by atoms with Gasteiger partial charge in [-0.25, -0.2) is 13.8 Å². The van der Waals surface area contributed by atoms with Gasteiger partial charge in [0.2, 0.25) is 17.7 Å². The van der Waals surface area contributed by atoms with Gasteiger partial charge in [-0.05, 0) is 62.3 Å². The summed E-state index contributed by atoms with van der Waals surface area (Å²) in [6.07, 6.45) is -3.58. The van der Waals surface area contributed by atoms with Crippen LogP contribution in [0.3, 0.4) is 0 Å². The van der Waals surface area contributed by atoms with E-state index in [1.54, 1.807) is 24.3 Å². The van der Waals surface area contributed by atoms with E-state index in [9.17, 15) is 31.5 Å². The number of halogens is 5. The van der Waals surface area contributed by atoms with Crippen LogP contribution in [0.2, 0.25) is 0 Å². The van der Waals surface area contributed by atoms with E-state index in [2.05, 4.69) is 15.4 Å².